The van der Waals surface area contributed by atoms with Gasteiger partial charge in [-0.2, -0.15) is 0 Å². The zero-order valence-electron chi connectivity index (χ0n) is 17.2. The number of hydrogen-bond acceptors (Lipinski definition) is 5. The fourth-order valence-corrected chi connectivity index (χ4v) is 4.34. The number of rotatable bonds is 7. The van der Waals surface area contributed by atoms with E-state index in [1.54, 1.807) is 31.2 Å². The Morgan fingerprint density at radius 3 is 2.16 bits per heavy atom. The van der Waals surface area contributed by atoms with Crippen molar-refractivity contribution in [2.24, 2.45) is 5.92 Å². The number of nitrogens with zero attached hydrogens (tertiary/aromatic N) is 1. The van der Waals surface area contributed by atoms with E-state index < -0.39 is 15.9 Å². The topological polar surface area (TPSA) is 125 Å². The second kappa shape index (κ2) is 9.27. The molecule has 1 aliphatic rings. The minimum atomic E-state index is -3.56. The maximum absolute atomic E-state index is 12.6. The summed E-state index contributed by atoms with van der Waals surface area (Å²) in [6.07, 6.45) is 0.0756. The molecular formula is C21H24N4O5S. The van der Waals surface area contributed by atoms with Gasteiger partial charge in [-0.3, -0.25) is 14.4 Å². The van der Waals surface area contributed by atoms with Crippen molar-refractivity contribution in [1.82, 2.24) is 4.72 Å². The second-order valence-electron chi connectivity index (χ2n) is 7.15. The van der Waals surface area contributed by atoms with Crippen LogP contribution in [0.15, 0.2) is 53.4 Å². The highest BCUT2D eigenvalue weighted by atomic mass is 32.2. The van der Waals surface area contributed by atoms with Gasteiger partial charge >= 0.3 is 0 Å². The van der Waals surface area contributed by atoms with Crippen LogP contribution in [-0.4, -0.2) is 39.2 Å². The largest absolute Gasteiger partial charge is 0.326 e. The molecule has 31 heavy (non-hydrogen) atoms. The van der Waals surface area contributed by atoms with Crippen molar-refractivity contribution < 1.29 is 22.8 Å². The summed E-state index contributed by atoms with van der Waals surface area (Å²) < 4.78 is 26.4. The molecular weight excluding hydrogens is 420 g/mol. The predicted octanol–water partition coefficient (Wildman–Crippen LogP) is 1.93. The van der Waals surface area contributed by atoms with Crippen molar-refractivity contribution in [3.05, 3.63) is 48.5 Å². The van der Waals surface area contributed by atoms with Crippen LogP contribution < -0.4 is 20.3 Å². The first-order valence-electron chi connectivity index (χ1n) is 9.78. The molecule has 2 aromatic rings. The molecule has 1 aliphatic heterocycles. The lowest BCUT2D eigenvalue weighted by Gasteiger charge is -2.17. The molecule has 9 nitrogen and oxygen atoms in total. The molecule has 1 unspecified atom stereocenters. The van der Waals surface area contributed by atoms with Crippen molar-refractivity contribution in [3.63, 3.8) is 0 Å². The maximum atomic E-state index is 12.6. The van der Waals surface area contributed by atoms with Gasteiger partial charge in [0.05, 0.1) is 10.8 Å². The molecule has 1 atom stereocenters. The fourth-order valence-electron chi connectivity index (χ4n) is 3.30. The number of sulfonamides is 1. The molecule has 1 fully saturated rings. The number of amides is 3. The number of anilines is 3. The maximum Gasteiger partial charge on any atom is 0.240 e. The zero-order valence-corrected chi connectivity index (χ0v) is 18.0. The molecule has 3 amide bonds. The predicted molar refractivity (Wildman–Crippen MR) is 117 cm³/mol. The van der Waals surface area contributed by atoms with Gasteiger partial charge < -0.3 is 15.5 Å². The molecule has 2 aromatic carbocycles. The van der Waals surface area contributed by atoms with Crippen LogP contribution in [0.3, 0.4) is 0 Å². The summed E-state index contributed by atoms with van der Waals surface area (Å²) in [5.74, 6) is -1.20. The fraction of sp³-hybridized carbons (Fsp3) is 0.286. The van der Waals surface area contributed by atoms with Gasteiger partial charge in [-0.05, 0) is 48.5 Å². The van der Waals surface area contributed by atoms with E-state index in [2.05, 4.69) is 15.4 Å². The van der Waals surface area contributed by atoms with Crippen LogP contribution in [0, 0.1) is 5.92 Å². The number of carbonyl (C=O) groups is 3. The van der Waals surface area contributed by atoms with Crippen molar-refractivity contribution in [3.8, 4) is 0 Å². The third kappa shape index (κ3) is 5.47. The first-order valence-corrected chi connectivity index (χ1v) is 11.3. The van der Waals surface area contributed by atoms with Crippen LogP contribution >= 0.6 is 0 Å². The zero-order chi connectivity index (χ0) is 22.6. The first kappa shape index (κ1) is 22.4. The van der Waals surface area contributed by atoms with E-state index in [1.807, 2.05) is 0 Å². The van der Waals surface area contributed by atoms with Gasteiger partial charge in [-0.25, -0.2) is 13.1 Å². The Balaban J connectivity index is 1.63. The van der Waals surface area contributed by atoms with Crippen LogP contribution in [0.25, 0.3) is 0 Å². The third-order valence-corrected chi connectivity index (χ3v) is 6.32. The monoisotopic (exact) mass is 444 g/mol. The lowest BCUT2D eigenvalue weighted by atomic mass is 10.1. The van der Waals surface area contributed by atoms with Gasteiger partial charge in [0.1, 0.15) is 0 Å². The Morgan fingerprint density at radius 2 is 1.58 bits per heavy atom. The summed E-state index contributed by atoms with van der Waals surface area (Å²) in [7, 11) is -3.56. The lowest BCUT2D eigenvalue weighted by Crippen LogP contribution is -2.28. The molecule has 3 N–H and O–H groups in total. The van der Waals surface area contributed by atoms with E-state index in [1.165, 1.54) is 36.1 Å². The summed E-state index contributed by atoms with van der Waals surface area (Å²) in [5.41, 5.74) is 1.72. The molecule has 0 spiro atoms. The highest BCUT2D eigenvalue weighted by Gasteiger charge is 2.35. The minimum absolute atomic E-state index is 0.0756. The number of hydrogen-bond donors (Lipinski definition) is 3. The number of nitrogens with one attached hydrogen (secondary N) is 3. The number of carbonyl (C=O) groups excluding carboxylic acids is 3. The van der Waals surface area contributed by atoms with Crippen LogP contribution in [-0.2, 0) is 24.4 Å². The van der Waals surface area contributed by atoms with Gasteiger partial charge in [0.25, 0.3) is 0 Å². The van der Waals surface area contributed by atoms with Crippen molar-refractivity contribution >= 4 is 44.8 Å². The summed E-state index contributed by atoms with van der Waals surface area (Å²) >= 11 is 0. The number of benzene rings is 2. The summed E-state index contributed by atoms with van der Waals surface area (Å²) in [4.78, 5) is 37.8. The molecule has 164 valence electrons. The van der Waals surface area contributed by atoms with Gasteiger partial charge in [0.15, 0.2) is 0 Å². The standard InChI is InChI=1S/C21H24N4O5S/c1-3-22-31(29,30)19-10-6-17(7-11-19)24-21(28)15-12-20(27)25(13-15)18-8-4-16(5-9-18)23-14(2)26/h4-11,15,22H,3,12-13H2,1-2H3,(H,23,26)(H,24,28). The average molecular weight is 445 g/mol. The van der Waals surface area contributed by atoms with Crippen LogP contribution in [0.5, 0.6) is 0 Å². The van der Waals surface area contributed by atoms with Crippen LogP contribution in [0.4, 0.5) is 17.1 Å². The molecule has 0 saturated carbocycles. The smallest absolute Gasteiger partial charge is 0.240 e. The molecule has 1 saturated heterocycles. The van der Waals surface area contributed by atoms with Crippen molar-refractivity contribution in [2.75, 3.05) is 28.6 Å². The Hall–Kier alpha value is -3.24. The highest BCUT2D eigenvalue weighted by Crippen LogP contribution is 2.27. The highest BCUT2D eigenvalue weighted by molar-refractivity contribution is 7.89. The molecule has 3 rings (SSSR count). The van der Waals surface area contributed by atoms with E-state index in [0.29, 0.717) is 17.1 Å². The molecule has 0 bridgehead atoms. The average Bonchev–Trinajstić information content (AvgIpc) is 3.10. The SMILES string of the molecule is CCNS(=O)(=O)c1ccc(NC(=O)C2CC(=O)N(c3ccc(NC(C)=O)cc3)C2)cc1. The molecule has 1 heterocycles. The quantitative estimate of drug-likeness (QED) is 0.602. The normalized spacial score (nSPS) is 16.3. The summed E-state index contributed by atoms with van der Waals surface area (Å²) in [6.45, 7) is 3.62. The van der Waals surface area contributed by atoms with E-state index in [-0.39, 0.29) is 42.1 Å². The lowest BCUT2D eigenvalue weighted by molar-refractivity contribution is -0.122. The van der Waals surface area contributed by atoms with Gasteiger partial charge in [-0.15, -0.1) is 0 Å². The molecule has 0 aliphatic carbocycles. The van der Waals surface area contributed by atoms with E-state index in [9.17, 15) is 22.8 Å². The first-order chi connectivity index (χ1) is 14.7. The van der Waals surface area contributed by atoms with Crippen LogP contribution in [0.2, 0.25) is 0 Å². The molecule has 0 radical (unpaired) electrons. The van der Waals surface area contributed by atoms with Crippen molar-refractivity contribution in [1.29, 1.82) is 0 Å². The van der Waals surface area contributed by atoms with Crippen molar-refractivity contribution in [2.45, 2.75) is 25.2 Å². The molecule has 10 heteroatoms. The van der Waals surface area contributed by atoms with Gasteiger partial charge in [0, 0.05) is 43.5 Å². The Morgan fingerprint density at radius 1 is 1.00 bits per heavy atom. The van der Waals surface area contributed by atoms with E-state index >= 15 is 0 Å². The Kier molecular flexibility index (Phi) is 6.71. The van der Waals surface area contributed by atoms with E-state index in [0.717, 1.165) is 0 Å². The summed E-state index contributed by atoms with van der Waals surface area (Å²) in [6, 6.07) is 12.7. The Bertz CT molecular complexity index is 1080. The van der Waals surface area contributed by atoms with E-state index in [4.69, 9.17) is 0 Å². The third-order valence-electron chi connectivity index (χ3n) is 4.76. The second-order valence-corrected chi connectivity index (χ2v) is 8.92. The van der Waals surface area contributed by atoms with Gasteiger partial charge in [0.2, 0.25) is 27.7 Å². The summed E-state index contributed by atoms with van der Waals surface area (Å²) in [5, 5.41) is 5.40. The van der Waals surface area contributed by atoms with Crippen LogP contribution in [0.1, 0.15) is 20.3 Å². The van der Waals surface area contributed by atoms with Gasteiger partial charge in [-0.1, -0.05) is 6.92 Å². The molecule has 0 aromatic heterocycles. The minimum Gasteiger partial charge on any atom is -0.326 e. The Labute approximate surface area is 180 Å².